The predicted molar refractivity (Wildman–Crippen MR) is 97.3 cm³/mol. The lowest BCUT2D eigenvalue weighted by atomic mass is 10.0. The monoisotopic (exact) mass is 308 g/mol. The highest BCUT2D eigenvalue weighted by Crippen LogP contribution is 2.21. The van der Waals surface area contributed by atoms with Crippen LogP contribution in [0.4, 0.5) is 0 Å². The molecule has 0 atom stereocenters. The summed E-state index contributed by atoms with van der Waals surface area (Å²) in [7, 11) is 0. The zero-order chi connectivity index (χ0) is 16.7. The van der Waals surface area contributed by atoms with Crippen LogP contribution in [0.2, 0.25) is 0 Å². The lowest BCUT2D eigenvalue weighted by Gasteiger charge is -2.06. The summed E-state index contributed by atoms with van der Waals surface area (Å²) in [6.07, 6.45) is 4.20. The summed E-state index contributed by atoms with van der Waals surface area (Å²) < 4.78 is 5.68. The Kier molecular flexibility index (Phi) is 6.19. The van der Waals surface area contributed by atoms with Crippen molar-refractivity contribution in [3.63, 3.8) is 0 Å². The molecule has 0 fully saturated rings. The summed E-state index contributed by atoms with van der Waals surface area (Å²) in [4.78, 5) is 0. The quantitative estimate of drug-likeness (QED) is 0.595. The molecule has 0 aliphatic carbocycles. The van der Waals surface area contributed by atoms with E-state index >= 15 is 0 Å². The predicted octanol–water partition coefficient (Wildman–Crippen LogP) is 5.08. The second-order valence-corrected chi connectivity index (χ2v) is 5.84. The van der Waals surface area contributed by atoms with E-state index in [9.17, 15) is 0 Å². The molecule has 2 nitrogen and oxygen atoms in total. The zero-order valence-corrected chi connectivity index (χ0v) is 14.0. The lowest BCUT2D eigenvalue weighted by Crippen LogP contribution is -1.94. The van der Waals surface area contributed by atoms with E-state index < -0.39 is 0 Å². The summed E-state index contributed by atoms with van der Waals surface area (Å²) >= 11 is 0. The van der Waals surface area contributed by atoms with Crippen LogP contribution in [0.5, 0.6) is 5.75 Å². The average molecular weight is 308 g/mol. The van der Waals surface area contributed by atoms with Crippen molar-refractivity contribution < 1.29 is 9.84 Å². The zero-order valence-electron chi connectivity index (χ0n) is 14.0. The van der Waals surface area contributed by atoms with Crippen molar-refractivity contribution in [1.82, 2.24) is 0 Å². The van der Waals surface area contributed by atoms with Crippen molar-refractivity contribution in [1.29, 1.82) is 0 Å². The van der Waals surface area contributed by atoms with Crippen LogP contribution in [-0.2, 0) is 6.61 Å². The van der Waals surface area contributed by atoms with Crippen LogP contribution in [-0.4, -0.2) is 11.7 Å². The highest BCUT2D eigenvalue weighted by molar-refractivity contribution is 5.80. The van der Waals surface area contributed by atoms with Crippen LogP contribution in [0.3, 0.4) is 0 Å². The van der Waals surface area contributed by atoms with E-state index in [2.05, 4.69) is 45.1 Å². The molecule has 0 aliphatic rings. The third kappa shape index (κ3) is 5.42. The Morgan fingerprint density at radius 2 is 1.61 bits per heavy atom. The molecule has 2 aromatic rings. The van der Waals surface area contributed by atoms with Crippen molar-refractivity contribution in [3.8, 4) is 5.75 Å². The summed E-state index contributed by atoms with van der Waals surface area (Å²) in [6.45, 7) is 6.91. The molecular weight excluding hydrogens is 284 g/mol. The number of hydrogen-bond donors (Lipinski definition) is 1. The van der Waals surface area contributed by atoms with Gasteiger partial charge in [0, 0.05) is 0 Å². The molecule has 0 bridgehead atoms. The minimum atomic E-state index is 0.0805. The summed E-state index contributed by atoms with van der Waals surface area (Å²) in [5.41, 5.74) is 5.68. The van der Waals surface area contributed by atoms with Crippen molar-refractivity contribution in [2.45, 2.75) is 27.4 Å². The number of benzene rings is 2. The van der Waals surface area contributed by atoms with E-state index in [1.807, 2.05) is 36.4 Å². The molecule has 2 rings (SSSR count). The first-order valence-corrected chi connectivity index (χ1v) is 7.83. The molecule has 0 aliphatic heterocycles. The molecular formula is C21H24O2. The van der Waals surface area contributed by atoms with E-state index in [1.54, 1.807) is 0 Å². The summed E-state index contributed by atoms with van der Waals surface area (Å²) in [6, 6.07) is 16.1. The Bertz CT molecular complexity index is 673. The molecule has 120 valence electrons. The van der Waals surface area contributed by atoms with Crippen molar-refractivity contribution in [2.24, 2.45) is 0 Å². The van der Waals surface area contributed by atoms with Crippen molar-refractivity contribution >= 4 is 11.6 Å². The number of aliphatic hydroxyl groups excluding tert-OH is 1. The Labute approximate surface area is 138 Å². The average Bonchev–Trinajstić information content (AvgIpc) is 2.56. The number of allylic oxidation sites excluding steroid dienone is 2. The van der Waals surface area contributed by atoms with Crippen molar-refractivity contribution in [3.05, 3.63) is 76.9 Å². The highest BCUT2D eigenvalue weighted by atomic mass is 16.5. The van der Waals surface area contributed by atoms with Crippen molar-refractivity contribution in [2.75, 3.05) is 6.61 Å². The maximum absolute atomic E-state index is 9.08. The minimum Gasteiger partial charge on any atom is -0.490 e. The smallest absolute Gasteiger partial charge is 0.119 e. The van der Waals surface area contributed by atoms with Gasteiger partial charge in [-0.2, -0.15) is 0 Å². The van der Waals surface area contributed by atoms with Gasteiger partial charge < -0.3 is 9.84 Å². The van der Waals surface area contributed by atoms with Gasteiger partial charge in [-0.15, -0.1) is 0 Å². The van der Waals surface area contributed by atoms with Gasteiger partial charge >= 0.3 is 0 Å². The number of rotatable bonds is 6. The molecule has 1 N–H and O–H groups in total. The highest BCUT2D eigenvalue weighted by Gasteiger charge is 1.99. The van der Waals surface area contributed by atoms with E-state index in [0.29, 0.717) is 6.61 Å². The fourth-order valence-corrected chi connectivity index (χ4v) is 2.17. The number of hydrogen-bond acceptors (Lipinski definition) is 2. The molecule has 2 heteroatoms. The molecule has 0 amide bonds. The van der Waals surface area contributed by atoms with Crippen LogP contribution in [0.1, 0.15) is 37.5 Å². The molecule has 0 spiro atoms. The number of ether oxygens (including phenoxy) is 1. The maximum Gasteiger partial charge on any atom is 0.119 e. The van der Waals surface area contributed by atoms with Crippen LogP contribution in [0, 0.1) is 0 Å². The number of aliphatic hydroxyl groups is 1. The first kappa shape index (κ1) is 17.0. The summed E-state index contributed by atoms with van der Waals surface area (Å²) in [5, 5.41) is 9.08. The van der Waals surface area contributed by atoms with Gasteiger partial charge in [-0.05, 0) is 61.2 Å². The lowest BCUT2D eigenvalue weighted by molar-refractivity contribution is 0.282. The Hall–Kier alpha value is -2.32. The molecule has 23 heavy (non-hydrogen) atoms. The fourth-order valence-electron chi connectivity index (χ4n) is 2.17. The first-order chi connectivity index (χ1) is 11.1. The standard InChI is InChI=1S/C21H24O2/c1-16(2)12-13-23-21-10-8-20(9-11-21)17(3)14-18-4-6-19(15-22)7-5-18/h4-12,14,22H,13,15H2,1-3H3/b17-14+. The Balaban J connectivity index is 2.05. The van der Waals surface area contributed by atoms with Gasteiger partial charge in [0.1, 0.15) is 12.4 Å². The summed E-state index contributed by atoms with van der Waals surface area (Å²) in [5.74, 6) is 0.881. The molecule has 0 heterocycles. The van der Waals surface area contributed by atoms with Crippen LogP contribution < -0.4 is 4.74 Å². The van der Waals surface area contributed by atoms with Crippen LogP contribution in [0.25, 0.3) is 11.6 Å². The fraction of sp³-hybridized carbons (Fsp3) is 0.238. The normalized spacial score (nSPS) is 11.2. The Morgan fingerprint density at radius 3 is 2.17 bits per heavy atom. The third-order valence-corrected chi connectivity index (χ3v) is 3.60. The second-order valence-electron chi connectivity index (χ2n) is 5.84. The van der Waals surface area contributed by atoms with Gasteiger partial charge in [0.15, 0.2) is 0 Å². The van der Waals surface area contributed by atoms with Gasteiger partial charge in [-0.3, -0.25) is 0 Å². The van der Waals surface area contributed by atoms with Gasteiger partial charge in [0.2, 0.25) is 0 Å². The topological polar surface area (TPSA) is 29.5 Å². The molecule has 0 unspecified atom stereocenters. The maximum atomic E-state index is 9.08. The molecule has 2 aromatic carbocycles. The molecule has 0 saturated carbocycles. The van der Waals surface area contributed by atoms with Crippen LogP contribution >= 0.6 is 0 Å². The van der Waals surface area contributed by atoms with E-state index in [-0.39, 0.29) is 6.61 Å². The SMILES string of the molecule is CC(C)=CCOc1ccc(/C(C)=C/c2ccc(CO)cc2)cc1. The van der Waals surface area contributed by atoms with E-state index in [0.717, 1.165) is 16.9 Å². The molecule has 0 aromatic heterocycles. The minimum absolute atomic E-state index is 0.0805. The van der Waals surface area contributed by atoms with Gasteiger partial charge in [0.25, 0.3) is 0 Å². The first-order valence-electron chi connectivity index (χ1n) is 7.83. The largest absolute Gasteiger partial charge is 0.490 e. The molecule has 0 saturated heterocycles. The van der Waals surface area contributed by atoms with Gasteiger partial charge in [-0.1, -0.05) is 48.0 Å². The Morgan fingerprint density at radius 1 is 0.957 bits per heavy atom. The second kappa shape index (κ2) is 8.35. The van der Waals surface area contributed by atoms with Crippen LogP contribution in [0.15, 0.2) is 60.2 Å². The third-order valence-electron chi connectivity index (χ3n) is 3.60. The van der Waals surface area contributed by atoms with Gasteiger partial charge in [0.05, 0.1) is 6.61 Å². The molecule has 0 radical (unpaired) electrons. The van der Waals surface area contributed by atoms with E-state index in [1.165, 1.54) is 16.7 Å². The van der Waals surface area contributed by atoms with E-state index in [4.69, 9.17) is 9.84 Å². The van der Waals surface area contributed by atoms with Gasteiger partial charge in [-0.25, -0.2) is 0 Å².